The summed E-state index contributed by atoms with van der Waals surface area (Å²) >= 11 is 0. The molecule has 0 bridgehead atoms. The van der Waals surface area contributed by atoms with Crippen LogP contribution in [0.1, 0.15) is 29.9 Å². The van der Waals surface area contributed by atoms with E-state index in [2.05, 4.69) is 0 Å². The van der Waals surface area contributed by atoms with Crippen molar-refractivity contribution in [2.24, 2.45) is 11.8 Å². The van der Waals surface area contributed by atoms with Gasteiger partial charge in [0.15, 0.2) is 0 Å². The zero-order valence-electron chi connectivity index (χ0n) is 17.0. The number of hydrogen-bond donors (Lipinski definition) is 0. The third kappa shape index (κ3) is 2.54. The van der Waals surface area contributed by atoms with Gasteiger partial charge in [-0.3, -0.25) is 4.79 Å². The van der Waals surface area contributed by atoms with Gasteiger partial charge in [0.2, 0.25) is 0 Å². The Hall–Kier alpha value is -3.35. The minimum atomic E-state index is -0.423. The van der Waals surface area contributed by atoms with Gasteiger partial charge in [-0.05, 0) is 32.1 Å². The summed E-state index contributed by atoms with van der Waals surface area (Å²) in [5, 5.41) is 0.816. The Labute approximate surface area is 173 Å². The number of fused-ring (bicyclic) bond motifs is 5. The summed E-state index contributed by atoms with van der Waals surface area (Å²) in [4.78, 5) is 32.3. The number of esters is 1. The Bertz CT molecular complexity index is 1140. The second kappa shape index (κ2) is 6.86. The quantitative estimate of drug-likeness (QED) is 0.729. The van der Waals surface area contributed by atoms with Crippen molar-refractivity contribution in [3.63, 3.8) is 0 Å². The molecule has 3 aliphatic rings. The highest BCUT2D eigenvalue weighted by Crippen LogP contribution is 2.47. The Morgan fingerprint density at radius 3 is 2.90 bits per heavy atom. The minimum Gasteiger partial charge on any atom is -0.497 e. The van der Waals surface area contributed by atoms with Crippen LogP contribution in [0.25, 0.3) is 16.6 Å². The first kappa shape index (κ1) is 18.7. The molecule has 0 spiro atoms. The highest BCUT2D eigenvalue weighted by molar-refractivity contribution is 6.14. The standard InChI is InChI=1S/C23H22N2O5/c1-4-29-21-13-7-5-6-8-17(13)24-20-18-9-14-15(10-25(18)22(26)19(20)21)12(2)30-11-16(14)23(27)28-3/h5-9,11-12,14-15H,4,10H2,1-3H3/t12-,14-,15-/m0/s1. The number of hydrogen-bond acceptors (Lipinski definition) is 6. The first-order valence-corrected chi connectivity index (χ1v) is 10.1. The predicted molar refractivity (Wildman–Crippen MR) is 110 cm³/mol. The van der Waals surface area contributed by atoms with Crippen molar-refractivity contribution in [1.29, 1.82) is 0 Å². The molecular formula is C23H22N2O5. The van der Waals surface area contributed by atoms with E-state index in [9.17, 15) is 9.59 Å². The topological polar surface area (TPSA) is 78.0 Å². The number of ether oxygens (including phenoxy) is 3. The van der Waals surface area contributed by atoms with Crippen molar-refractivity contribution < 1.29 is 23.8 Å². The van der Waals surface area contributed by atoms with Gasteiger partial charge in [0, 0.05) is 23.8 Å². The number of allylic oxidation sites excluding steroid dienone is 1. The van der Waals surface area contributed by atoms with Gasteiger partial charge < -0.3 is 19.1 Å². The lowest BCUT2D eigenvalue weighted by molar-refractivity contribution is -0.137. The molecule has 154 valence electrons. The average Bonchev–Trinajstić information content (AvgIpc) is 3.04. The number of rotatable bonds is 3. The number of benzene rings is 1. The number of methoxy groups -OCH3 is 1. The molecular weight excluding hydrogens is 384 g/mol. The third-order valence-corrected chi connectivity index (χ3v) is 6.11. The number of para-hydroxylation sites is 1. The Morgan fingerprint density at radius 2 is 2.13 bits per heavy atom. The molecule has 1 amide bonds. The lowest BCUT2D eigenvalue weighted by Crippen LogP contribution is -2.45. The molecule has 3 aliphatic heterocycles. The predicted octanol–water partition coefficient (Wildman–Crippen LogP) is 3.15. The molecule has 0 fully saturated rings. The summed E-state index contributed by atoms with van der Waals surface area (Å²) in [5.74, 6) is -0.258. The van der Waals surface area contributed by atoms with Gasteiger partial charge in [0.05, 0.1) is 36.8 Å². The zero-order valence-corrected chi connectivity index (χ0v) is 17.0. The van der Waals surface area contributed by atoms with Crippen LogP contribution in [0.3, 0.4) is 0 Å². The maximum atomic E-state index is 13.4. The zero-order chi connectivity index (χ0) is 21.0. The van der Waals surface area contributed by atoms with Crippen LogP contribution >= 0.6 is 0 Å². The highest BCUT2D eigenvalue weighted by Gasteiger charge is 2.47. The fourth-order valence-corrected chi connectivity index (χ4v) is 4.62. The van der Waals surface area contributed by atoms with E-state index in [-0.39, 0.29) is 23.8 Å². The first-order chi connectivity index (χ1) is 14.5. The number of carbonyl (C=O) groups excluding carboxylic acids is 2. The molecule has 3 atom stereocenters. The van der Waals surface area contributed by atoms with E-state index in [4.69, 9.17) is 19.2 Å². The van der Waals surface area contributed by atoms with Gasteiger partial charge in [-0.25, -0.2) is 9.78 Å². The van der Waals surface area contributed by atoms with E-state index in [1.807, 2.05) is 44.2 Å². The van der Waals surface area contributed by atoms with Crippen LogP contribution in [-0.4, -0.2) is 48.1 Å². The van der Waals surface area contributed by atoms with E-state index >= 15 is 0 Å². The van der Waals surface area contributed by atoms with Gasteiger partial charge in [-0.15, -0.1) is 0 Å². The van der Waals surface area contributed by atoms with Crippen molar-refractivity contribution in [3.8, 4) is 5.75 Å². The molecule has 7 heteroatoms. The van der Waals surface area contributed by atoms with E-state index in [1.165, 1.54) is 13.4 Å². The molecule has 7 nitrogen and oxygen atoms in total. The molecule has 4 heterocycles. The van der Waals surface area contributed by atoms with Crippen LogP contribution in [0.5, 0.6) is 5.75 Å². The van der Waals surface area contributed by atoms with Gasteiger partial charge >= 0.3 is 5.97 Å². The number of amides is 1. The highest BCUT2D eigenvalue weighted by atomic mass is 16.5. The number of nitrogens with zero attached hydrogens (tertiary/aromatic N) is 2. The van der Waals surface area contributed by atoms with Crippen LogP contribution in [0, 0.1) is 11.8 Å². The van der Waals surface area contributed by atoms with Crippen molar-refractivity contribution in [2.75, 3.05) is 20.3 Å². The Balaban J connectivity index is 1.71. The SMILES string of the molecule is CCOc1c2c(nc3ccccc13)C1=C[C@@H]3C(C(=O)OC)=CO[C@@H](C)[C@@H]3CN1C2=O. The molecule has 5 rings (SSSR count). The summed E-state index contributed by atoms with van der Waals surface area (Å²) < 4.78 is 16.6. The molecule has 0 N–H and O–H groups in total. The van der Waals surface area contributed by atoms with Crippen molar-refractivity contribution in [1.82, 2.24) is 9.88 Å². The van der Waals surface area contributed by atoms with Crippen LogP contribution in [0.2, 0.25) is 0 Å². The van der Waals surface area contributed by atoms with Gasteiger partial charge in [-0.1, -0.05) is 12.1 Å². The van der Waals surface area contributed by atoms with Gasteiger partial charge in [0.1, 0.15) is 23.1 Å². The van der Waals surface area contributed by atoms with Gasteiger partial charge in [0.25, 0.3) is 5.91 Å². The van der Waals surface area contributed by atoms with E-state index in [0.717, 1.165) is 10.9 Å². The summed E-state index contributed by atoms with van der Waals surface area (Å²) in [7, 11) is 1.36. The molecule has 1 aromatic heterocycles. The van der Waals surface area contributed by atoms with Crippen molar-refractivity contribution >= 4 is 28.5 Å². The second-order valence-corrected chi connectivity index (χ2v) is 7.68. The fraction of sp³-hybridized carbons (Fsp3) is 0.348. The molecule has 0 unspecified atom stereocenters. The smallest absolute Gasteiger partial charge is 0.337 e. The molecule has 1 aromatic carbocycles. The average molecular weight is 406 g/mol. The van der Waals surface area contributed by atoms with Crippen LogP contribution in [0.4, 0.5) is 0 Å². The largest absolute Gasteiger partial charge is 0.497 e. The van der Waals surface area contributed by atoms with E-state index in [0.29, 0.717) is 41.4 Å². The number of pyridine rings is 1. The molecule has 2 aromatic rings. The van der Waals surface area contributed by atoms with Crippen LogP contribution in [0.15, 0.2) is 42.2 Å². The Kier molecular flexibility index (Phi) is 4.27. The maximum Gasteiger partial charge on any atom is 0.337 e. The van der Waals surface area contributed by atoms with Crippen molar-refractivity contribution in [3.05, 3.63) is 53.4 Å². The van der Waals surface area contributed by atoms with Crippen LogP contribution in [-0.2, 0) is 14.3 Å². The molecule has 0 radical (unpaired) electrons. The third-order valence-electron chi connectivity index (χ3n) is 6.11. The molecule has 0 saturated heterocycles. The minimum absolute atomic E-state index is 0.0592. The molecule has 0 saturated carbocycles. The van der Waals surface area contributed by atoms with Crippen LogP contribution < -0.4 is 4.74 Å². The summed E-state index contributed by atoms with van der Waals surface area (Å²) in [6.07, 6.45) is 3.30. The lowest BCUT2D eigenvalue weighted by Gasteiger charge is -2.40. The fourth-order valence-electron chi connectivity index (χ4n) is 4.62. The summed E-state index contributed by atoms with van der Waals surface area (Å²) in [6, 6.07) is 7.65. The Morgan fingerprint density at radius 1 is 1.33 bits per heavy atom. The molecule has 0 aliphatic carbocycles. The van der Waals surface area contributed by atoms with E-state index < -0.39 is 5.97 Å². The summed E-state index contributed by atoms with van der Waals surface area (Å²) in [6.45, 7) is 4.72. The number of aromatic nitrogens is 1. The summed E-state index contributed by atoms with van der Waals surface area (Å²) in [5.41, 5.74) is 3.02. The lowest BCUT2D eigenvalue weighted by atomic mass is 9.78. The molecule has 30 heavy (non-hydrogen) atoms. The second-order valence-electron chi connectivity index (χ2n) is 7.68. The maximum absolute atomic E-state index is 13.4. The number of carbonyl (C=O) groups is 2. The normalized spacial score (nSPS) is 24.3. The van der Waals surface area contributed by atoms with E-state index in [1.54, 1.807) is 4.90 Å². The van der Waals surface area contributed by atoms with Crippen molar-refractivity contribution in [2.45, 2.75) is 20.0 Å². The monoisotopic (exact) mass is 406 g/mol. The first-order valence-electron chi connectivity index (χ1n) is 10.1. The van der Waals surface area contributed by atoms with Gasteiger partial charge in [-0.2, -0.15) is 0 Å².